The average molecular weight is 332 g/mol. The van der Waals surface area contributed by atoms with Gasteiger partial charge in [0.2, 0.25) is 0 Å². The molecule has 0 heterocycles. The Labute approximate surface area is 136 Å². The van der Waals surface area contributed by atoms with Gasteiger partial charge in [0.05, 0.1) is 0 Å². The fourth-order valence-corrected chi connectivity index (χ4v) is 2.52. The van der Waals surface area contributed by atoms with Crippen molar-refractivity contribution in [3.05, 3.63) is 66.2 Å². The summed E-state index contributed by atoms with van der Waals surface area (Å²) in [7, 11) is 0. The molecule has 24 heavy (non-hydrogen) atoms. The average Bonchev–Trinajstić information content (AvgIpc) is 2.53. The first-order valence-electron chi connectivity index (χ1n) is 7.28. The molecule has 3 nitrogen and oxygen atoms in total. The summed E-state index contributed by atoms with van der Waals surface area (Å²) in [6.45, 7) is 0.458. The molecule has 0 aliphatic rings. The van der Waals surface area contributed by atoms with Gasteiger partial charge in [-0.15, -0.1) is 13.2 Å². The van der Waals surface area contributed by atoms with Crippen LogP contribution in [-0.4, -0.2) is 6.36 Å². The largest absolute Gasteiger partial charge is 0.573 e. The van der Waals surface area contributed by atoms with Gasteiger partial charge in [-0.1, -0.05) is 36.4 Å². The first-order valence-corrected chi connectivity index (χ1v) is 7.28. The van der Waals surface area contributed by atoms with E-state index in [1.165, 1.54) is 12.1 Å². The highest BCUT2D eigenvalue weighted by molar-refractivity contribution is 6.02. The lowest BCUT2D eigenvalue weighted by atomic mass is 10.1. The van der Waals surface area contributed by atoms with Crippen molar-refractivity contribution in [1.82, 2.24) is 0 Å². The molecule has 3 aromatic carbocycles. The molecule has 6 heteroatoms. The Bertz CT molecular complexity index is 840. The molecular weight excluding hydrogens is 317 g/mol. The summed E-state index contributed by atoms with van der Waals surface area (Å²) < 4.78 is 40.3. The Morgan fingerprint density at radius 2 is 1.58 bits per heavy atom. The lowest BCUT2D eigenvalue weighted by Crippen LogP contribution is -2.17. The Balaban J connectivity index is 1.75. The monoisotopic (exact) mass is 332 g/mol. The maximum Gasteiger partial charge on any atom is 0.573 e. The van der Waals surface area contributed by atoms with Crippen molar-refractivity contribution in [2.45, 2.75) is 12.9 Å². The van der Waals surface area contributed by atoms with E-state index in [0.29, 0.717) is 12.2 Å². The predicted octanol–water partition coefficient (Wildman–Crippen LogP) is 4.93. The van der Waals surface area contributed by atoms with Crippen LogP contribution in [0.2, 0.25) is 0 Å². The Morgan fingerprint density at radius 1 is 0.917 bits per heavy atom. The van der Waals surface area contributed by atoms with Gasteiger partial charge in [-0.05, 0) is 35.2 Å². The number of hydrogen-bond donors (Lipinski definition) is 2. The van der Waals surface area contributed by atoms with E-state index in [9.17, 15) is 13.2 Å². The molecule has 3 rings (SSSR count). The quantitative estimate of drug-likeness (QED) is 0.666. The molecule has 124 valence electrons. The van der Waals surface area contributed by atoms with Crippen LogP contribution in [0.3, 0.4) is 0 Å². The summed E-state index contributed by atoms with van der Waals surface area (Å²) in [5.74, 6) is -0.236. The first kappa shape index (κ1) is 16.0. The van der Waals surface area contributed by atoms with Crippen molar-refractivity contribution in [3.63, 3.8) is 0 Å². The van der Waals surface area contributed by atoms with Crippen molar-refractivity contribution in [2.24, 2.45) is 0 Å². The van der Waals surface area contributed by atoms with E-state index >= 15 is 0 Å². The number of halogens is 3. The molecule has 0 aliphatic heterocycles. The lowest BCUT2D eigenvalue weighted by Gasteiger charge is -2.12. The number of hydrogen-bond acceptors (Lipinski definition) is 3. The topological polar surface area (TPSA) is 47.3 Å². The van der Waals surface area contributed by atoms with E-state index < -0.39 is 6.36 Å². The normalized spacial score (nSPS) is 11.5. The summed E-state index contributed by atoms with van der Waals surface area (Å²) in [6.07, 6.45) is -4.68. The highest BCUT2D eigenvalue weighted by Crippen LogP contribution is 2.29. The van der Waals surface area contributed by atoms with E-state index in [-0.39, 0.29) is 5.75 Å². The number of anilines is 2. The van der Waals surface area contributed by atoms with Gasteiger partial charge in [0.25, 0.3) is 0 Å². The van der Waals surface area contributed by atoms with Crippen molar-refractivity contribution in [1.29, 1.82) is 0 Å². The van der Waals surface area contributed by atoms with Gasteiger partial charge in [-0.2, -0.15) is 0 Å². The molecular formula is C18H15F3N2O. The number of nitrogens with two attached hydrogens (primary N) is 1. The third kappa shape index (κ3) is 3.71. The zero-order valence-corrected chi connectivity index (χ0v) is 12.6. The number of ether oxygens (including phenoxy) is 1. The van der Waals surface area contributed by atoms with Crippen LogP contribution in [-0.2, 0) is 6.54 Å². The predicted molar refractivity (Wildman–Crippen MR) is 88.8 cm³/mol. The van der Waals surface area contributed by atoms with E-state index in [1.54, 1.807) is 12.1 Å². The summed E-state index contributed by atoms with van der Waals surface area (Å²) in [5, 5.41) is 5.22. The van der Waals surface area contributed by atoms with Crippen LogP contribution in [0.5, 0.6) is 5.75 Å². The highest BCUT2D eigenvalue weighted by Gasteiger charge is 2.30. The highest BCUT2D eigenvalue weighted by atomic mass is 19.4. The fraction of sp³-hybridized carbons (Fsp3) is 0.111. The second-order valence-electron chi connectivity index (χ2n) is 5.30. The van der Waals surface area contributed by atoms with Crippen LogP contribution in [0.1, 0.15) is 5.56 Å². The zero-order chi connectivity index (χ0) is 17.2. The van der Waals surface area contributed by atoms with Gasteiger partial charge in [0.1, 0.15) is 5.75 Å². The van der Waals surface area contributed by atoms with E-state index in [4.69, 9.17) is 5.73 Å². The van der Waals surface area contributed by atoms with Gasteiger partial charge in [0.15, 0.2) is 0 Å². The van der Waals surface area contributed by atoms with Crippen molar-refractivity contribution in [2.75, 3.05) is 11.1 Å². The summed E-state index contributed by atoms with van der Waals surface area (Å²) in [5.41, 5.74) is 8.42. The molecule has 0 saturated heterocycles. The zero-order valence-electron chi connectivity index (χ0n) is 12.6. The molecule has 0 radical (unpaired) electrons. The molecule has 3 N–H and O–H groups in total. The maximum absolute atomic E-state index is 12.2. The molecule has 0 bridgehead atoms. The molecule has 0 spiro atoms. The lowest BCUT2D eigenvalue weighted by molar-refractivity contribution is -0.274. The van der Waals surface area contributed by atoms with Crippen LogP contribution < -0.4 is 15.8 Å². The second-order valence-corrected chi connectivity index (χ2v) is 5.30. The van der Waals surface area contributed by atoms with Gasteiger partial charge in [-0.3, -0.25) is 0 Å². The first-order chi connectivity index (χ1) is 11.4. The summed E-state index contributed by atoms with van der Waals surface area (Å²) >= 11 is 0. The van der Waals surface area contributed by atoms with Gasteiger partial charge in [0, 0.05) is 23.3 Å². The third-order valence-electron chi connectivity index (χ3n) is 3.58. The number of rotatable bonds is 4. The van der Waals surface area contributed by atoms with Crippen LogP contribution >= 0.6 is 0 Å². The number of nitrogens with one attached hydrogen (secondary N) is 1. The maximum atomic E-state index is 12.2. The molecule has 0 aliphatic carbocycles. The Morgan fingerprint density at radius 3 is 2.25 bits per heavy atom. The van der Waals surface area contributed by atoms with Crippen LogP contribution in [0.15, 0.2) is 60.7 Å². The SMILES string of the molecule is Nc1cccc2cccc(NCc3ccc(OC(F)(F)F)cc3)c12. The number of benzene rings is 3. The summed E-state index contributed by atoms with van der Waals surface area (Å²) in [6, 6.07) is 17.3. The standard InChI is InChI=1S/C18H15F3N2O/c19-18(20,21)24-14-9-7-12(8-10-14)11-23-16-6-2-4-13-3-1-5-15(22)17(13)16/h1-10,23H,11,22H2. The number of fused-ring (bicyclic) bond motifs is 1. The van der Waals surface area contributed by atoms with Crippen LogP contribution in [0.25, 0.3) is 10.8 Å². The molecule has 0 aromatic heterocycles. The molecule has 0 amide bonds. The van der Waals surface area contributed by atoms with Crippen molar-refractivity contribution in [3.8, 4) is 5.75 Å². The molecule has 0 unspecified atom stereocenters. The van der Waals surface area contributed by atoms with E-state index in [0.717, 1.165) is 22.0 Å². The number of nitrogen functional groups attached to an aromatic ring is 1. The van der Waals surface area contributed by atoms with E-state index in [1.807, 2.05) is 36.4 Å². The molecule has 3 aromatic rings. The molecule has 0 fully saturated rings. The van der Waals surface area contributed by atoms with Crippen molar-refractivity contribution < 1.29 is 17.9 Å². The fourth-order valence-electron chi connectivity index (χ4n) is 2.52. The minimum absolute atomic E-state index is 0.236. The summed E-state index contributed by atoms with van der Waals surface area (Å²) in [4.78, 5) is 0. The minimum Gasteiger partial charge on any atom is -0.406 e. The second kappa shape index (κ2) is 6.31. The Kier molecular flexibility index (Phi) is 4.20. The minimum atomic E-state index is -4.68. The van der Waals surface area contributed by atoms with Gasteiger partial charge in [-0.25, -0.2) is 0 Å². The molecule has 0 atom stereocenters. The van der Waals surface area contributed by atoms with E-state index in [2.05, 4.69) is 10.1 Å². The molecule has 0 saturated carbocycles. The van der Waals surface area contributed by atoms with Crippen molar-refractivity contribution >= 4 is 22.1 Å². The van der Waals surface area contributed by atoms with Crippen LogP contribution in [0.4, 0.5) is 24.5 Å². The Hall–Kier alpha value is -2.89. The smallest absolute Gasteiger partial charge is 0.406 e. The number of alkyl halides is 3. The van der Waals surface area contributed by atoms with Gasteiger partial charge < -0.3 is 15.8 Å². The van der Waals surface area contributed by atoms with Gasteiger partial charge >= 0.3 is 6.36 Å². The van der Waals surface area contributed by atoms with Crippen LogP contribution in [0, 0.1) is 0 Å². The third-order valence-corrected chi connectivity index (χ3v) is 3.58.